The van der Waals surface area contributed by atoms with Gasteiger partial charge in [0.2, 0.25) is 5.91 Å². The topological polar surface area (TPSA) is 76.7 Å². The van der Waals surface area contributed by atoms with Crippen LogP contribution in [-0.4, -0.2) is 12.5 Å². The maximum atomic E-state index is 13.1. The zero-order valence-electron chi connectivity index (χ0n) is 13.9. The largest absolute Gasteiger partial charge is 0.355 e. The highest BCUT2D eigenvalue weighted by Crippen LogP contribution is 2.12. The van der Waals surface area contributed by atoms with Crippen LogP contribution in [0.1, 0.15) is 22.3 Å². The molecule has 0 aromatic heterocycles. The molecular weight excluding hydrogens is 317 g/mol. The summed E-state index contributed by atoms with van der Waals surface area (Å²) >= 11 is 0. The van der Waals surface area contributed by atoms with Crippen LogP contribution >= 0.6 is 0 Å². The first-order chi connectivity index (χ1) is 12.0. The second-order valence-corrected chi connectivity index (χ2v) is 5.81. The summed E-state index contributed by atoms with van der Waals surface area (Å²) in [4.78, 5) is 12.2. The molecule has 0 unspecified atom stereocenters. The zero-order valence-corrected chi connectivity index (χ0v) is 13.9. The molecule has 5 heteroatoms. The van der Waals surface area contributed by atoms with E-state index in [9.17, 15) is 14.4 Å². The Morgan fingerprint density at radius 2 is 1.92 bits per heavy atom. The second kappa shape index (κ2) is 8.61. The van der Waals surface area contributed by atoms with Crippen molar-refractivity contribution in [1.82, 2.24) is 5.32 Å². The minimum absolute atomic E-state index is 0.280. The van der Waals surface area contributed by atoms with Gasteiger partial charge in [-0.3, -0.25) is 4.79 Å². The van der Waals surface area contributed by atoms with Crippen LogP contribution in [0.25, 0.3) is 0 Å². The van der Waals surface area contributed by atoms with Gasteiger partial charge in [-0.15, -0.1) is 0 Å². The Morgan fingerprint density at radius 1 is 1.20 bits per heavy atom. The number of amides is 1. The lowest BCUT2D eigenvalue weighted by atomic mass is 9.99. The van der Waals surface area contributed by atoms with Crippen molar-refractivity contribution in [3.8, 4) is 12.1 Å². The Morgan fingerprint density at radius 3 is 2.52 bits per heavy atom. The molecule has 0 aliphatic rings. The van der Waals surface area contributed by atoms with Crippen molar-refractivity contribution in [1.29, 1.82) is 10.5 Å². The van der Waals surface area contributed by atoms with Gasteiger partial charge in [-0.25, -0.2) is 4.39 Å². The van der Waals surface area contributed by atoms with Gasteiger partial charge in [-0.1, -0.05) is 18.2 Å². The maximum absolute atomic E-state index is 13.1. The van der Waals surface area contributed by atoms with Gasteiger partial charge in [-0.2, -0.15) is 10.5 Å². The highest BCUT2D eigenvalue weighted by atomic mass is 19.1. The summed E-state index contributed by atoms with van der Waals surface area (Å²) < 4.78 is 13.1. The number of hydrogen-bond acceptors (Lipinski definition) is 3. The molecule has 25 heavy (non-hydrogen) atoms. The van der Waals surface area contributed by atoms with Crippen molar-refractivity contribution in [2.45, 2.75) is 19.8 Å². The van der Waals surface area contributed by atoms with E-state index < -0.39 is 5.92 Å². The molecule has 0 bridgehead atoms. The number of halogens is 1. The van der Waals surface area contributed by atoms with Crippen molar-refractivity contribution >= 4 is 5.91 Å². The summed E-state index contributed by atoms with van der Waals surface area (Å²) in [6.07, 6.45) is 0.872. The minimum atomic E-state index is -0.790. The van der Waals surface area contributed by atoms with E-state index in [1.807, 2.05) is 19.1 Å². The van der Waals surface area contributed by atoms with E-state index in [1.165, 1.54) is 12.1 Å². The molecule has 0 radical (unpaired) electrons. The Bertz CT molecular complexity index is 832. The summed E-state index contributed by atoms with van der Waals surface area (Å²) in [5.74, 6) is -1.40. The number of carbonyl (C=O) groups is 1. The molecule has 2 aromatic rings. The van der Waals surface area contributed by atoms with Gasteiger partial charge >= 0.3 is 0 Å². The summed E-state index contributed by atoms with van der Waals surface area (Å²) in [5, 5.41) is 20.8. The zero-order chi connectivity index (χ0) is 18.2. The SMILES string of the molecule is Cc1cc(F)ccc1CCNC(=O)[C@H](C#N)Cc1ccc(C#N)cc1. The van der Waals surface area contributed by atoms with Gasteiger partial charge in [0.15, 0.2) is 0 Å². The normalized spacial score (nSPS) is 11.2. The molecule has 1 N–H and O–H groups in total. The fraction of sp³-hybridized carbons (Fsp3) is 0.250. The summed E-state index contributed by atoms with van der Waals surface area (Å²) in [6.45, 7) is 2.21. The molecule has 0 spiro atoms. The number of hydrogen-bond donors (Lipinski definition) is 1. The molecule has 126 valence electrons. The highest BCUT2D eigenvalue weighted by Gasteiger charge is 2.18. The van der Waals surface area contributed by atoms with Gasteiger partial charge in [0.05, 0.1) is 17.7 Å². The first-order valence-corrected chi connectivity index (χ1v) is 7.95. The monoisotopic (exact) mass is 335 g/mol. The molecule has 1 atom stereocenters. The molecule has 0 aliphatic heterocycles. The Labute approximate surface area is 146 Å². The maximum Gasteiger partial charge on any atom is 0.237 e. The predicted molar refractivity (Wildman–Crippen MR) is 91.8 cm³/mol. The summed E-state index contributed by atoms with van der Waals surface area (Å²) in [7, 11) is 0. The lowest BCUT2D eigenvalue weighted by molar-refractivity contribution is -0.123. The lowest BCUT2D eigenvalue weighted by Gasteiger charge is -2.11. The van der Waals surface area contributed by atoms with Gasteiger partial charge in [0.25, 0.3) is 0 Å². The third-order valence-corrected chi connectivity index (χ3v) is 3.99. The van der Waals surface area contributed by atoms with Crippen molar-refractivity contribution in [2.75, 3.05) is 6.54 Å². The van der Waals surface area contributed by atoms with Crippen LogP contribution in [0.5, 0.6) is 0 Å². The van der Waals surface area contributed by atoms with Crippen LogP contribution in [0.3, 0.4) is 0 Å². The standard InChI is InChI=1S/C20H18FN3O/c1-14-10-19(21)7-6-17(14)8-9-24-20(25)18(13-23)11-15-2-4-16(12-22)5-3-15/h2-7,10,18H,8-9,11H2,1H3,(H,24,25)/t18-/m0/s1. The van der Waals surface area contributed by atoms with Crippen LogP contribution in [-0.2, 0) is 17.6 Å². The number of nitrogens with one attached hydrogen (secondary N) is 1. The highest BCUT2D eigenvalue weighted by molar-refractivity contribution is 5.81. The molecule has 0 fully saturated rings. The van der Waals surface area contributed by atoms with Crippen molar-refractivity contribution in [2.24, 2.45) is 5.92 Å². The fourth-order valence-electron chi connectivity index (χ4n) is 2.53. The van der Waals surface area contributed by atoms with Gasteiger partial charge in [0, 0.05) is 6.54 Å². The third-order valence-electron chi connectivity index (χ3n) is 3.99. The van der Waals surface area contributed by atoms with E-state index >= 15 is 0 Å². The molecule has 2 rings (SSSR count). The Balaban J connectivity index is 1.89. The molecule has 0 aliphatic carbocycles. The van der Waals surface area contributed by atoms with E-state index in [-0.39, 0.29) is 11.7 Å². The van der Waals surface area contributed by atoms with Crippen LogP contribution < -0.4 is 5.32 Å². The first kappa shape index (κ1) is 18.2. The van der Waals surface area contributed by atoms with E-state index in [2.05, 4.69) is 5.32 Å². The van der Waals surface area contributed by atoms with Gasteiger partial charge in [-0.05, 0) is 60.7 Å². The Kier molecular flexibility index (Phi) is 6.26. The predicted octanol–water partition coefficient (Wildman–Crippen LogP) is 3.05. The number of benzene rings is 2. The van der Waals surface area contributed by atoms with Gasteiger partial charge < -0.3 is 5.32 Å². The number of rotatable bonds is 6. The number of aryl methyl sites for hydroxylation is 1. The average Bonchev–Trinajstić information content (AvgIpc) is 2.61. The fourth-order valence-corrected chi connectivity index (χ4v) is 2.53. The molecule has 1 amide bonds. The molecule has 2 aromatic carbocycles. The third kappa shape index (κ3) is 5.16. The Hall–Kier alpha value is -3.18. The van der Waals surface area contributed by atoms with E-state index in [0.717, 1.165) is 16.7 Å². The lowest BCUT2D eigenvalue weighted by Crippen LogP contribution is -2.32. The van der Waals surface area contributed by atoms with Crippen molar-refractivity contribution < 1.29 is 9.18 Å². The van der Waals surface area contributed by atoms with Crippen molar-refractivity contribution in [3.05, 3.63) is 70.5 Å². The van der Waals surface area contributed by atoms with Crippen molar-refractivity contribution in [3.63, 3.8) is 0 Å². The minimum Gasteiger partial charge on any atom is -0.355 e. The number of nitriles is 2. The van der Waals surface area contributed by atoms with E-state index in [4.69, 9.17) is 5.26 Å². The molecule has 0 heterocycles. The van der Waals surface area contributed by atoms with Crippen LogP contribution in [0.2, 0.25) is 0 Å². The summed E-state index contributed by atoms with van der Waals surface area (Å²) in [6, 6.07) is 15.4. The molecule has 0 saturated carbocycles. The number of nitrogens with zero attached hydrogens (tertiary/aromatic N) is 2. The molecular formula is C20H18FN3O. The number of carbonyl (C=O) groups excluding carboxylic acids is 1. The average molecular weight is 335 g/mol. The molecule has 0 saturated heterocycles. The van der Waals surface area contributed by atoms with Crippen LogP contribution in [0.15, 0.2) is 42.5 Å². The van der Waals surface area contributed by atoms with Crippen LogP contribution in [0, 0.1) is 41.3 Å². The van der Waals surface area contributed by atoms with Crippen LogP contribution in [0.4, 0.5) is 4.39 Å². The second-order valence-electron chi connectivity index (χ2n) is 5.81. The summed E-state index contributed by atoms with van der Waals surface area (Å²) in [5.41, 5.74) is 3.16. The van der Waals surface area contributed by atoms with E-state index in [1.54, 1.807) is 30.3 Å². The first-order valence-electron chi connectivity index (χ1n) is 7.95. The molecule has 4 nitrogen and oxygen atoms in total. The quantitative estimate of drug-likeness (QED) is 0.881. The smallest absolute Gasteiger partial charge is 0.237 e. The van der Waals surface area contributed by atoms with E-state index in [0.29, 0.717) is 24.9 Å². The van der Waals surface area contributed by atoms with Gasteiger partial charge in [0.1, 0.15) is 11.7 Å².